The topological polar surface area (TPSA) is 72.0 Å². The molecule has 1 heterocycles. The van der Waals surface area contributed by atoms with E-state index in [1.54, 1.807) is 30.3 Å². The molecule has 0 aliphatic carbocycles. The SMILES string of the molecule is CCCCCc1nnc(NS(=O)(=O)c2ccccc2)s1. The molecule has 0 aliphatic rings. The Hall–Kier alpha value is -1.47. The first-order valence-electron chi connectivity index (χ1n) is 6.52. The molecule has 1 aromatic heterocycles. The van der Waals surface area contributed by atoms with Crippen molar-refractivity contribution in [1.82, 2.24) is 10.2 Å². The van der Waals surface area contributed by atoms with Crippen molar-refractivity contribution in [3.8, 4) is 0 Å². The molecule has 0 amide bonds. The molecule has 0 atom stereocenters. The minimum absolute atomic E-state index is 0.225. The van der Waals surface area contributed by atoms with Crippen LogP contribution in [0.15, 0.2) is 35.2 Å². The number of hydrogen-bond donors (Lipinski definition) is 1. The molecule has 108 valence electrons. The highest BCUT2D eigenvalue weighted by Gasteiger charge is 2.16. The molecule has 7 heteroatoms. The summed E-state index contributed by atoms with van der Waals surface area (Å²) >= 11 is 1.29. The van der Waals surface area contributed by atoms with E-state index in [-0.39, 0.29) is 4.90 Å². The van der Waals surface area contributed by atoms with Gasteiger partial charge in [-0.05, 0) is 18.6 Å². The zero-order chi connectivity index (χ0) is 14.4. The molecule has 2 rings (SSSR count). The molecule has 0 spiro atoms. The van der Waals surface area contributed by atoms with Crippen LogP contribution in [0.2, 0.25) is 0 Å². The number of sulfonamides is 1. The standard InChI is InChI=1S/C13H17N3O2S2/c1-2-3-5-10-12-14-15-13(19-12)16-20(17,18)11-8-6-4-7-9-11/h4,6-9H,2-3,5,10H2,1H3,(H,15,16). The van der Waals surface area contributed by atoms with Gasteiger partial charge in [-0.1, -0.05) is 49.3 Å². The van der Waals surface area contributed by atoms with Gasteiger partial charge in [0.15, 0.2) is 0 Å². The van der Waals surface area contributed by atoms with E-state index in [1.807, 2.05) is 0 Å². The lowest BCUT2D eigenvalue weighted by molar-refractivity contribution is 0.601. The van der Waals surface area contributed by atoms with Gasteiger partial charge in [-0.15, -0.1) is 10.2 Å². The van der Waals surface area contributed by atoms with Gasteiger partial charge in [0.05, 0.1) is 4.90 Å². The first-order valence-corrected chi connectivity index (χ1v) is 8.82. The quantitative estimate of drug-likeness (QED) is 0.798. The van der Waals surface area contributed by atoms with E-state index in [9.17, 15) is 8.42 Å². The minimum atomic E-state index is -3.57. The van der Waals surface area contributed by atoms with Gasteiger partial charge in [0.1, 0.15) is 5.01 Å². The predicted molar refractivity (Wildman–Crippen MR) is 80.4 cm³/mol. The van der Waals surface area contributed by atoms with Crippen LogP contribution in [0.5, 0.6) is 0 Å². The lowest BCUT2D eigenvalue weighted by Gasteiger charge is -2.03. The Balaban J connectivity index is 2.03. The van der Waals surface area contributed by atoms with Crippen LogP contribution in [-0.4, -0.2) is 18.6 Å². The number of unbranched alkanes of at least 4 members (excludes halogenated alkanes) is 2. The van der Waals surface area contributed by atoms with Crippen LogP contribution in [0.25, 0.3) is 0 Å². The Morgan fingerprint density at radius 2 is 1.90 bits per heavy atom. The monoisotopic (exact) mass is 311 g/mol. The van der Waals surface area contributed by atoms with E-state index in [0.717, 1.165) is 30.7 Å². The van der Waals surface area contributed by atoms with Crippen LogP contribution in [-0.2, 0) is 16.4 Å². The molecular formula is C13H17N3O2S2. The van der Waals surface area contributed by atoms with E-state index in [0.29, 0.717) is 5.13 Å². The Morgan fingerprint density at radius 1 is 1.15 bits per heavy atom. The Morgan fingerprint density at radius 3 is 2.60 bits per heavy atom. The normalized spacial score (nSPS) is 11.4. The maximum Gasteiger partial charge on any atom is 0.263 e. The summed E-state index contributed by atoms with van der Waals surface area (Å²) in [6, 6.07) is 8.24. The van der Waals surface area contributed by atoms with Gasteiger partial charge in [0, 0.05) is 6.42 Å². The number of rotatable bonds is 7. The highest BCUT2D eigenvalue weighted by Crippen LogP contribution is 2.21. The molecule has 1 N–H and O–H groups in total. The fraction of sp³-hybridized carbons (Fsp3) is 0.385. The predicted octanol–water partition coefficient (Wildman–Crippen LogP) is 3.07. The molecule has 0 bridgehead atoms. The smallest absolute Gasteiger partial charge is 0.253 e. The summed E-state index contributed by atoms with van der Waals surface area (Å²) in [5.74, 6) is 0. The summed E-state index contributed by atoms with van der Waals surface area (Å²) in [5, 5.41) is 9.08. The summed E-state index contributed by atoms with van der Waals surface area (Å²) in [5.41, 5.74) is 0. The van der Waals surface area contributed by atoms with E-state index < -0.39 is 10.0 Å². The molecule has 0 fully saturated rings. The maximum atomic E-state index is 12.1. The number of aryl methyl sites for hydroxylation is 1. The number of nitrogens with one attached hydrogen (secondary N) is 1. The van der Waals surface area contributed by atoms with Crippen LogP contribution in [0.3, 0.4) is 0 Å². The molecule has 2 aromatic rings. The lowest BCUT2D eigenvalue weighted by Crippen LogP contribution is -2.12. The second-order valence-electron chi connectivity index (χ2n) is 4.38. The van der Waals surface area contributed by atoms with Crippen LogP contribution in [0.1, 0.15) is 31.2 Å². The zero-order valence-corrected chi connectivity index (χ0v) is 12.9. The van der Waals surface area contributed by atoms with Gasteiger partial charge in [0.25, 0.3) is 10.0 Å². The van der Waals surface area contributed by atoms with Crippen molar-refractivity contribution in [1.29, 1.82) is 0 Å². The fourth-order valence-corrected chi connectivity index (χ4v) is 3.73. The average molecular weight is 311 g/mol. The van der Waals surface area contributed by atoms with Crippen LogP contribution in [0.4, 0.5) is 5.13 Å². The van der Waals surface area contributed by atoms with Gasteiger partial charge >= 0.3 is 0 Å². The third kappa shape index (κ3) is 4.01. The maximum absolute atomic E-state index is 12.1. The second-order valence-corrected chi connectivity index (χ2v) is 7.12. The summed E-state index contributed by atoms with van der Waals surface area (Å²) in [6.45, 7) is 2.14. The molecule has 1 aromatic carbocycles. The number of hydrogen-bond acceptors (Lipinski definition) is 5. The van der Waals surface area contributed by atoms with Crippen molar-refractivity contribution >= 4 is 26.5 Å². The van der Waals surface area contributed by atoms with Gasteiger partial charge in [0.2, 0.25) is 5.13 Å². The van der Waals surface area contributed by atoms with Crippen LogP contribution < -0.4 is 4.72 Å². The molecule has 0 radical (unpaired) electrons. The minimum Gasteiger partial charge on any atom is -0.253 e. The first-order chi connectivity index (χ1) is 9.62. The average Bonchev–Trinajstić information content (AvgIpc) is 2.87. The molecule has 0 aliphatic heterocycles. The third-order valence-corrected chi connectivity index (χ3v) is 5.12. The van der Waals surface area contributed by atoms with Crippen molar-refractivity contribution in [2.24, 2.45) is 0 Å². The molecule has 0 saturated carbocycles. The largest absolute Gasteiger partial charge is 0.263 e. The molecular weight excluding hydrogens is 294 g/mol. The first kappa shape index (κ1) is 14.9. The van der Waals surface area contributed by atoms with Gasteiger partial charge < -0.3 is 0 Å². The van der Waals surface area contributed by atoms with Crippen molar-refractivity contribution in [2.75, 3.05) is 4.72 Å². The van der Waals surface area contributed by atoms with Gasteiger partial charge in [-0.25, -0.2) is 8.42 Å². The van der Waals surface area contributed by atoms with Crippen molar-refractivity contribution in [2.45, 2.75) is 37.5 Å². The van der Waals surface area contributed by atoms with E-state index >= 15 is 0 Å². The highest BCUT2D eigenvalue weighted by molar-refractivity contribution is 7.93. The van der Waals surface area contributed by atoms with Crippen molar-refractivity contribution in [3.05, 3.63) is 35.3 Å². The van der Waals surface area contributed by atoms with Crippen molar-refractivity contribution < 1.29 is 8.42 Å². The van der Waals surface area contributed by atoms with Crippen LogP contribution in [0, 0.1) is 0 Å². The highest BCUT2D eigenvalue weighted by atomic mass is 32.2. The zero-order valence-electron chi connectivity index (χ0n) is 11.2. The van der Waals surface area contributed by atoms with Crippen molar-refractivity contribution in [3.63, 3.8) is 0 Å². The van der Waals surface area contributed by atoms with Gasteiger partial charge in [-0.3, -0.25) is 4.72 Å². The van der Waals surface area contributed by atoms with E-state index in [2.05, 4.69) is 21.8 Å². The molecule has 20 heavy (non-hydrogen) atoms. The number of benzene rings is 1. The number of nitrogens with zero attached hydrogens (tertiary/aromatic N) is 2. The number of anilines is 1. The summed E-state index contributed by atoms with van der Waals surface area (Å²) in [6.07, 6.45) is 4.19. The second kappa shape index (κ2) is 6.81. The van der Waals surface area contributed by atoms with Crippen LogP contribution >= 0.6 is 11.3 Å². The Labute approximate surface area is 123 Å². The molecule has 5 nitrogen and oxygen atoms in total. The number of aromatic nitrogens is 2. The van der Waals surface area contributed by atoms with E-state index in [1.165, 1.54) is 11.3 Å². The van der Waals surface area contributed by atoms with Gasteiger partial charge in [-0.2, -0.15) is 0 Å². The Bertz CT molecular complexity index is 639. The third-order valence-electron chi connectivity index (χ3n) is 2.74. The Kier molecular flexibility index (Phi) is 5.08. The summed E-state index contributed by atoms with van der Waals surface area (Å²) in [4.78, 5) is 0.225. The lowest BCUT2D eigenvalue weighted by atomic mass is 10.2. The van der Waals surface area contributed by atoms with E-state index in [4.69, 9.17) is 0 Å². The molecule has 0 unspecified atom stereocenters. The summed E-state index contributed by atoms with van der Waals surface area (Å²) in [7, 11) is -3.57. The fourth-order valence-electron chi connectivity index (χ4n) is 1.70. The molecule has 0 saturated heterocycles. The summed E-state index contributed by atoms with van der Waals surface area (Å²) < 4.78 is 26.7.